The topological polar surface area (TPSA) is 34.6 Å². The predicted octanol–water partition coefficient (Wildman–Crippen LogP) is 3.53. The Morgan fingerprint density at radius 1 is 0.875 bits per heavy atom. The van der Waals surface area contributed by atoms with Gasteiger partial charge in [-0.3, -0.25) is 4.98 Å². The summed E-state index contributed by atoms with van der Waals surface area (Å²) in [6.07, 6.45) is 3.48. The summed E-state index contributed by atoms with van der Waals surface area (Å²) >= 11 is 0. The molecule has 4 nitrogen and oxygen atoms in total. The maximum atomic E-state index is 4.61. The van der Waals surface area contributed by atoms with Crippen molar-refractivity contribution in [2.45, 2.75) is 13.8 Å². The second-order valence-corrected chi connectivity index (χ2v) is 5.99. The van der Waals surface area contributed by atoms with Gasteiger partial charge >= 0.3 is 0 Å². The highest BCUT2D eigenvalue weighted by Gasteiger charge is 2.28. The molecule has 0 spiro atoms. The van der Waals surface area contributed by atoms with Gasteiger partial charge in [0.15, 0.2) is 11.0 Å². The van der Waals surface area contributed by atoms with Gasteiger partial charge in [0.25, 0.3) is 5.82 Å². The lowest BCUT2D eigenvalue weighted by Crippen LogP contribution is -2.30. The third kappa shape index (κ3) is 2.11. The Bertz CT molecular complexity index is 1050. The van der Waals surface area contributed by atoms with E-state index in [1.54, 1.807) is 12.4 Å². The first-order valence-corrected chi connectivity index (χ1v) is 8.02. The number of aromatic nitrogens is 4. The van der Waals surface area contributed by atoms with Crippen molar-refractivity contribution in [3.05, 3.63) is 72.2 Å². The number of imidazole rings is 1. The van der Waals surface area contributed by atoms with Crippen molar-refractivity contribution in [3.8, 4) is 17.2 Å². The van der Waals surface area contributed by atoms with E-state index < -0.39 is 0 Å². The first kappa shape index (κ1) is 14.6. The summed E-state index contributed by atoms with van der Waals surface area (Å²) in [5.41, 5.74) is 5.64. The maximum absolute atomic E-state index is 4.61. The summed E-state index contributed by atoms with van der Waals surface area (Å²) in [6, 6.07) is 16.8. The number of hydrogen-bond donors (Lipinski definition) is 0. The lowest BCUT2D eigenvalue weighted by atomic mass is 10.1. The molecule has 2 aromatic heterocycles. The van der Waals surface area contributed by atoms with Crippen LogP contribution in [0.2, 0.25) is 0 Å². The zero-order valence-electron chi connectivity index (χ0n) is 14.1. The van der Waals surface area contributed by atoms with Crippen LogP contribution in [0.3, 0.4) is 0 Å². The fourth-order valence-electron chi connectivity index (χ4n) is 3.27. The minimum Gasteiger partial charge on any atom is -0.254 e. The second-order valence-electron chi connectivity index (χ2n) is 5.99. The van der Waals surface area contributed by atoms with Crippen molar-refractivity contribution in [2.75, 3.05) is 0 Å². The fraction of sp³-hybridized carbons (Fsp3) is 0.150. The Morgan fingerprint density at radius 2 is 1.58 bits per heavy atom. The molecule has 0 N–H and O–H groups in total. The summed E-state index contributed by atoms with van der Waals surface area (Å²) < 4.78 is 4.44. The summed E-state index contributed by atoms with van der Waals surface area (Å²) in [5, 5.41) is 0. The fourth-order valence-corrected chi connectivity index (χ4v) is 3.27. The Balaban J connectivity index is 2.18. The molecule has 0 aliphatic carbocycles. The van der Waals surface area contributed by atoms with E-state index in [2.05, 4.69) is 81.6 Å². The van der Waals surface area contributed by atoms with Crippen molar-refractivity contribution >= 4 is 11.0 Å². The van der Waals surface area contributed by atoms with Crippen molar-refractivity contribution in [2.24, 2.45) is 7.05 Å². The van der Waals surface area contributed by atoms with Gasteiger partial charge in [0.2, 0.25) is 5.82 Å². The molecule has 0 aliphatic heterocycles. The van der Waals surface area contributed by atoms with Crippen LogP contribution in [-0.4, -0.2) is 14.5 Å². The molecule has 0 bridgehead atoms. The minimum absolute atomic E-state index is 0.868. The van der Waals surface area contributed by atoms with Crippen molar-refractivity contribution in [1.82, 2.24) is 14.5 Å². The molecular formula is C20H19N4+. The SMILES string of the molecule is Cc1ccccc1-c1n(-c2nccnc2C)c2ccccc2[n+]1C. The molecule has 0 aliphatic rings. The van der Waals surface area contributed by atoms with Crippen molar-refractivity contribution in [1.29, 1.82) is 0 Å². The molecule has 0 amide bonds. The molecule has 0 radical (unpaired) electrons. The molecule has 0 fully saturated rings. The largest absolute Gasteiger partial charge is 0.296 e. The molecule has 4 rings (SSSR count). The van der Waals surface area contributed by atoms with Gasteiger partial charge in [0, 0.05) is 12.4 Å². The van der Waals surface area contributed by atoms with Crippen LogP contribution in [0.15, 0.2) is 60.9 Å². The zero-order chi connectivity index (χ0) is 16.7. The first-order chi connectivity index (χ1) is 11.7. The van der Waals surface area contributed by atoms with Gasteiger partial charge in [-0.1, -0.05) is 30.3 Å². The van der Waals surface area contributed by atoms with Gasteiger partial charge in [-0.2, -0.15) is 4.57 Å². The Hall–Kier alpha value is -3.01. The molecule has 2 heterocycles. The molecule has 4 aromatic rings. The van der Waals surface area contributed by atoms with Crippen LogP contribution < -0.4 is 4.57 Å². The van der Waals surface area contributed by atoms with E-state index in [-0.39, 0.29) is 0 Å². The number of benzene rings is 2. The smallest absolute Gasteiger partial charge is 0.254 e. The van der Waals surface area contributed by atoms with E-state index >= 15 is 0 Å². The van der Waals surface area contributed by atoms with E-state index in [4.69, 9.17) is 0 Å². The molecule has 0 atom stereocenters. The van der Waals surface area contributed by atoms with E-state index in [9.17, 15) is 0 Å². The average molecular weight is 315 g/mol. The number of rotatable bonds is 2. The lowest BCUT2D eigenvalue weighted by molar-refractivity contribution is -0.633. The Morgan fingerprint density at radius 3 is 2.38 bits per heavy atom. The number of para-hydroxylation sites is 2. The van der Waals surface area contributed by atoms with E-state index in [1.807, 2.05) is 6.92 Å². The van der Waals surface area contributed by atoms with E-state index in [1.165, 1.54) is 16.6 Å². The molecule has 24 heavy (non-hydrogen) atoms. The number of nitrogens with zero attached hydrogens (tertiary/aromatic N) is 4. The highest BCUT2D eigenvalue weighted by atomic mass is 15.2. The quantitative estimate of drug-likeness (QED) is 0.530. The molecule has 0 saturated heterocycles. The van der Waals surface area contributed by atoms with Gasteiger partial charge in [-0.15, -0.1) is 0 Å². The zero-order valence-corrected chi connectivity index (χ0v) is 14.1. The number of aryl methyl sites for hydroxylation is 3. The van der Waals surface area contributed by atoms with E-state index in [0.717, 1.165) is 22.9 Å². The summed E-state index contributed by atoms with van der Waals surface area (Å²) in [5.74, 6) is 1.98. The van der Waals surface area contributed by atoms with Crippen LogP contribution in [0.25, 0.3) is 28.2 Å². The minimum atomic E-state index is 0.868. The highest BCUT2D eigenvalue weighted by molar-refractivity contribution is 5.79. The lowest BCUT2D eigenvalue weighted by Gasteiger charge is -2.06. The molecule has 0 unspecified atom stereocenters. The normalized spacial score (nSPS) is 11.1. The molecule has 118 valence electrons. The summed E-state index contributed by atoms with van der Waals surface area (Å²) in [4.78, 5) is 9.05. The van der Waals surface area contributed by atoms with Gasteiger partial charge < -0.3 is 0 Å². The van der Waals surface area contributed by atoms with Crippen LogP contribution in [-0.2, 0) is 7.05 Å². The van der Waals surface area contributed by atoms with E-state index in [0.29, 0.717) is 0 Å². The summed E-state index contributed by atoms with van der Waals surface area (Å²) in [7, 11) is 2.10. The Kier molecular flexibility index (Phi) is 3.38. The molecule has 4 heteroatoms. The first-order valence-electron chi connectivity index (χ1n) is 8.02. The number of hydrogen-bond acceptors (Lipinski definition) is 2. The van der Waals surface area contributed by atoms with Crippen molar-refractivity contribution < 1.29 is 4.57 Å². The van der Waals surface area contributed by atoms with Crippen LogP contribution in [0, 0.1) is 13.8 Å². The Labute approximate surface area is 141 Å². The van der Waals surface area contributed by atoms with Gasteiger partial charge in [-0.05, 0) is 37.6 Å². The second kappa shape index (κ2) is 5.57. The number of fused-ring (bicyclic) bond motifs is 1. The predicted molar refractivity (Wildman–Crippen MR) is 95.0 cm³/mol. The van der Waals surface area contributed by atoms with Crippen LogP contribution in [0.4, 0.5) is 0 Å². The maximum Gasteiger partial charge on any atom is 0.296 e. The summed E-state index contributed by atoms with van der Waals surface area (Å²) in [6.45, 7) is 4.14. The molecular weight excluding hydrogens is 296 g/mol. The molecule has 0 saturated carbocycles. The third-order valence-electron chi connectivity index (χ3n) is 4.47. The standard InChI is InChI=1S/C20H19N4/c1-14-8-4-5-9-16(14)20-23(3)17-10-6-7-11-18(17)24(20)19-15(2)21-12-13-22-19/h4-13H,1-3H3/q+1. The van der Waals surface area contributed by atoms with Crippen LogP contribution >= 0.6 is 0 Å². The average Bonchev–Trinajstić information content (AvgIpc) is 2.89. The molecule has 2 aromatic carbocycles. The van der Waals surface area contributed by atoms with Gasteiger partial charge in [0.1, 0.15) is 5.69 Å². The van der Waals surface area contributed by atoms with Crippen LogP contribution in [0.1, 0.15) is 11.3 Å². The van der Waals surface area contributed by atoms with Gasteiger partial charge in [0.05, 0.1) is 12.6 Å². The van der Waals surface area contributed by atoms with Crippen molar-refractivity contribution in [3.63, 3.8) is 0 Å². The van der Waals surface area contributed by atoms with Gasteiger partial charge in [-0.25, -0.2) is 9.55 Å². The third-order valence-corrected chi connectivity index (χ3v) is 4.47. The monoisotopic (exact) mass is 315 g/mol. The highest BCUT2D eigenvalue weighted by Crippen LogP contribution is 2.28. The van der Waals surface area contributed by atoms with Crippen LogP contribution in [0.5, 0.6) is 0 Å².